The van der Waals surface area contributed by atoms with Crippen LogP contribution in [0.2, 0.25) is 0 Å². The van der Waals surface area contributed by atoms with E-state index in [1.54, 1.807) is 23.5 Å². The second kappa shape index (κ2) is 7.73. The van der Waals surface area contributed by atoms with E-state index in [0.29, 0.717) is 10.4 Å². The summed E-state index contributed by atoms with van der Waals surface area (Å²) in [6.07, 6.45) is 0. The molecule has 0 aliphatic rings. The Labute approximate surface area is 170 Å². The maximum atomic E-state index is 5.78. The first-order valence-electron chi connectivity index (χ1n) is 8.88. The number of fused-ring (bicyclic) bond motifs is 2. The van der Waals surface area contributed by atoms with Crippen molar-refractivity contribution in [3.05, 3.63) is 83.9 Å². The monoisotopic (exact) mass is 404 g/mol. The zero-order chi connectivity index (χ0) is 18.8. The van der Waals surface area contributed by atoms with E-state index < -0.39 is 0 Å². The topological polar surface area (TPSA) is 52.1 Å². The molecule has 0 atom stereocenters. The van der Waals surface area contributed by atoms with Crippen LogP contribution >= 0.6 is 23.5 Å². The van der Waals surface area contributed by atoms with Crippen LogP contribution in [0.4, 0.5) is 0 Å². The standard InChI is InChI=1S/C22H16N2O2S2/c1-3-10-19-17(8-1)23-21(25-19)27-13-15-6-5-7-16(12-15)14-28-22-24-18-9-2-4-11-20(18)26-22/h1-12H,13-14H2. The highest BCUT2D eigenvalue weighted by molar-refractivity contribution is 7.98. The van der Waals surface area contributed by atoms with Gasteiger partial charge in [-0.2, -0.15) is 0 Å². The van der Waals surface area contributed by atoms with Gasteiger partial charge in [0, 0.05) is 11.5 Å². The van der Waals surface area contributed by atoms with E-state index >= 15 is 0 Å². The van der Waals surface area contributed by atoms with Crippen molar-refractivity contribution in [3.8, 4) is 0 Å². The van der Waals surface area contributed by atoms with Gasteiger partial charge >= 0.3 is 0 Å². The Morgan fingerprint density at radius 3 is 1.61 bits per heavy atom. The molecule has 4 nitrogen and oxygen atoms in total. The fourth-order valence-electron chi connectivity index (χ4n) is 2.92. The summed E-state index contributed by atoms with van der Waals surface area (Å²) in [6, 6.07) is 24.2. The number of thioether (sulfide) groups is 2. The number of rotatable bonds is 6. The molecule has 0 saturated carbocycles. The van der Waals surface area contributed by atoms with E-state index in [0.717, 1.165) is 33.7 Å². The third kappa shape index (κ3) is 3.79. The van der Waals surface area contributed by atoms with Gasteiger partial charge in [0.1, 0.15) is 11.0 Å². The SMILES string of the molecule is c1cc(CSc2nc3ccccc3o2)cc(CSc2nc3ccccc3o2)c1. The number of hydrogen-bond donors (Lipinski definition) is 0. The molecule has 6 heteroatoms. The van der Waals surface area contributed by atoms with Gasteiger partial charge in [-0.3, -0.25) is 0 Å². The quantitative estimate of drug-likeness (QED) is 0.299. The summed E-state index contributed by atoms with van der Waals surface area (Å²) in [7, 11) is 0. The van der Waals surface area contributed by atoms with Crippen molar-refractivity contribution in [2.45, 2.75) is 22.0 Å². The van der Waals surface area contributed by atoms with Crippen LogP contribution in [0.5, 0.6) is 0 Å². The van der Waals surface area contributed by atoms with Crippen LogP contribution in [0.3, 0.4) is 0 Å². The molecule has 138 valence electrons. The highest BCUT2D eigenvalue weighted by atomic mass is 32.2. The smallest absolute Gasteiger partial charge is 0.257 e. The number of para-hydroxylation sites is 4. The predicted molar refractivity (Wildman–Crippen MR) is 114 cm³/mol. The van der Waals surface area contributed by atoms with Gasteiger partial charge in [0.25, 0.3) is 10.4 Å². The number of benzene rings is 3. The highest BCUT2D eigenvalue weighted by Crippen LogP contribution is 2.29. The van der Waals surface area contributed by atoms with Crippen LogP contribution in [0.1, 0.15) is 11.1 Å². The molecule has 0 fully saturated rings. The van der Waals surface area contributed by atoms with Crippen LogP contribution in [-0.2, 0) is 11.5 Å². The lowest BCUT2D eigenvalue weighted by atomic mass is 10.2. The molecule has 5 rings (SSSR count). The van der Waals surface area contributed by atoms with E-state index in [1.807, 2.05) is 48.5 Å². The lowest BCUT2D eigenvalue weighted by Gasteiger charge is -2.03. The normalized spacial score (nSPS) is 11.4. The van der Waals surface area contributed by atoms with Crippen molar-refractivity contribution in [1.82, 2.24) is 9.97 Å². The zero-order valence-electron chi connectivity index (χ0n) is 14.9. The van der Waals surface area contributed by atoms with E-state index in [9.17, 15) is 0 Å². The first kappa shape index (κ1) is 17.4. The Bertz CT molecular complexity index is 1090. The molecule has 0 unspecified atom stereocenters. The van der Waals surface area contributed by atoms with E-state index in [-0.39, 0.29) is 0 Å². The molecule has 2 aromatic heterocycles. The van der Waals surface area contributed by atoms with Gasteiger partial charge in [-0.1, -0.05) is 72.1 Å². The van der Waals surface area contributed by atoms with Crippen molar-refractivity contribution >= 4 is 45.7 Å². The van der Waals surface area contributed by atoms with E-state index in [2.05, 4.69) is 34.2 Å². The van der Waals surface area contributed by atoms with Crippen LogP contribution in [0.25, 0.3) is 22.2 Å². The van der Waals surface area contributed by atoms with Gasteiger partial charge < -0.3 is 8.83 Å². The van der Waals surface area contributed by atoms with Crippen molar-refractivity contribution in [1.29, 1.82) is 0 Å². The minimum absolute atomic E-state index is 0.701. The summed E-state index contributed by atoms with van der Waals surface area (Å²) in [4.78, 5) is 9.04. The molecule has 0 bridgehead atoms. The van der Waals surface area contributed by atoms with E-state index in [1.165, 1.54) is 11.1 Å². The zero-order valence-corrected chi connectivity index (χ0v) is 16.5. The minimum atomic E-state index is 0.701. The summed E-state index contributed by atoms with van der Waals surface area (Å²) >= 11 is 3.22. The van der Waals surface area contributed by atoms with Crippen molar-refractivity contribution < 1.29 is 8.83 Å². The molecule has 28 heavy (non-hydrogen) atoms. The number of nitrogens with zero attached hydrogens (tertiary/aromatic N) is 2. The fraction of sp³-hybridized carbons (Fsp3) is 0.0909. The Balaban J connectivity index is 1.24. The molecule has 0 amide bonds. The van der Waals surface area contributed by atoms with Gasteiger partial charge in [-0.05, 0) is 35.4 Å². The molecule has 0 spiro atoms. The molecule has 0 N–H and O–H groups in total. The van der Waals surface area contributed by atoms with Gasteiger partial charge in [0.2, 0.25) is 0 Å². The molecular weight excluding hydrogens is 388 g/mol. The van der Waals surface area contributed by atoms with Crippen LogP contribution in [-0.4, -0.2) is 9.97 Å². The first-order valence-corrected chi connectivity index (χ1v) is 10.9. The summed E-state index contributed by atoms with van der Waals surface area (Å²) in [6.45, 7) is 0. The van der Waals surface area contributed by atoms with Gasteiger partial charge in [-0.25, -0.2) is 9.97 Å². The van der Waals surface area contributed by atoms with Crippen molar-refractivity contribution in [3.63, 3.8) is 0 Å². The van der Waals surface area contributed by atoms with Gasteiger partial charge in [-0.15, -0.1) is 0 Å². The first-order chi connectivity index (χ1) is 13.8. The van der Waals surface area contributed by atoms with Crippen LogP contribution in [0.15, 0.2) is 92.1 Å². The minimum Gasteiger partial charge on any atom is -0.431 e. The largest absolute Gasteiger partial charge is 0.431 e. The fourth-order valence-corrected chi connectivity index (χ4v) is 4.49. The maximum absolute atomic E-state index is 5.78. The summed E-state index contributed by atoms with van der Waals surface area (Å²) in [5.74, 6) is 1.63. The van der Waals surface area contributed by atoms with Crippen molar-refractivity contribution in [2.75, 3.05) is 0 Å². The summed E-state index contributed by atoms with van der Waals surface area (Å²) in [5, 5.41) is 1.40. The molecule has 3 aromatic carbocycles. The lowest BCUT2D eigenvalue weighted by molar-refractivity contribution is 0.489. The Hall–Kier alpha value is -2.70. The molecule has 0 saturated heterocycles. The van der Waals surface area contributed by atoms with Crippen molar-refractivity contribution in [2.24, 2.45) is 0 Å². The van der Waals surface area contributed by atoms with Gasteiger partial charge in [0.05, 0.1) is 0 Å². The molecule has 2 heterocycles. The number of aromatic nitrogens is 2. The summed E-state index contributed by atoms with van der Waals surface area (Å²) in [5.41, 5.74) is 5.93. The lowest BCUT2D eigenvalue weighted by Crippen LogP contribution is -1.86. The van der Waals surface area contributed by atoms with Gasteiger partial charge in [0.15, 0.2) is 11.2 Å². The van der Waals surface area contributed by atoms with Crippen LogP contribution < -0.4 is 0 Å². The highest BCUT2D eigenvalue weighted by Gasteiger charge is 2.08. The second-order valence-corrected chi connectivity index (χ2v) is 8.15. The number of oxazole rings is 2. The molecular formula is C22H16N2O2S2. The third-order valence-corrected chi connectivity index (χ3v) is 6.06. The predicted octanol–water partition coefficient (Wildman–Crippen LogP) is 6.55. The Morgan fingerprint density at radius 1 is 0.607 bits per heavy atom. The molecule has 0 aliphatic carbocycles. The second-order valence-electron chi connectivity index (χ2n) is 6.29. The Kier molecular flexibility index (Phi) is 4.81. The van der Waals surface area contributed by atoms with Crippen LogP contribution in [0, 0.1) is 0 Å². The molecule has 0 radical (unpaired) electrons. The summed E-state index contributed by atoms with van der Waals surface area (Å²) < 4.78 is 11.6. The maximum Gasteiger partial charge on any atom is 0.257 e. The third-order valence-electron chi connectivity index (χ3n) is 4.26. The van der Waals surface area contributed by atoms with E-state index in [4.69, 9.17) is 8.83 Å². The Morgan fingerprint density at radius 2 is 1.11 bits per heavy atom. The molecule has 0 aliphatic heterocycles. The average molecular weight is 405 g/mol. The number of hydrogen-bond acceptors (Lipinski definition) is 6. The average Bonchev–Trinajstić information content (AvgIpc) is 3.34. The molecule has 5 aromatic rings.